The quantitative estimate of drug-likeness (QED) is 0.436. The van der Waals surface area contributed by atoms with E-state index in [9.17, 15) is 9.59 Å². The highest BCUT2D eigenvalue weighted by Gasteiger charge is 2.14. The molecule has 0 unspecified atom stereocenters. The Kier molecular flexibility index (Phi) is 4.22. The lowest BCUT2D eigenvalue weighted by Crippen LogP contribution is -2.17. The summed E-state index contributed by atoms with van der Waals surface area (Å²) in [4.78, 5) is 33.9. The van der Waals surface area contributed by atoms with Gasteiger partial charge in [0.2, 0.25) is 9.92 Å². The zero-order valence-corrected chi connectivity index (χ0v) is 16.9. The molecule has 0 bridgehead atoms. The lowest BCUT2D eigenvalue weighted by atomic mass is 10.5. The maximum atomic E-state index is 12.2. The molecule has 0 aromatic carbocycles. The van der Waals surface area contributed by atoms with Gasteiger partial charge in [0.1, 0.15) is 9.48 Å². The molecule has 0 saturated carbocycles. The number of aromatic nitrogens is 6. The molecule has 0 N–H and O–H groups in total. The minimum absolute atomic E-state index is 0.193. The molecule has 4 aromatic heterocycles. The van der Waals surface area contributed by atoms with Crippen molar-refractivity contribution in [2.24, 2.45) is 0 Å². The van der Waals surface area contributed by atoms with Crippen LogP contribution in [0.3, 0.4) is 0 Å². The largest absolute Gasteiger partial charge is 0.289 e. The summed E-state index contributed by atoms with van der Waals surface area (Å²) in [7, 11) is 0. The molecular weight excluding hydrogens is 448 g/mol. The van der Waals surface area contributed by atoms with E-state index in [4.69, 9.17) is 0 Å². The number of hydrogen-bond donors (Lipinski definition) is 0. The Morgan fingerprint density at radius 2 is 1.88 bits per heavy atom. The van der Waals surface area contributed by atoms with Crippen molar-refractivity contribution in [2.45, 2.75) is 23.9 Å². The summed E-state index contributed by atoms with van der Waals surface area (Å²) >= 11 is 7.38. The molecule has 0 fully saturated rings. The van der Waals surface area contributed by atoms with Crippen LogP contribution in [0.4, 0.5) is 0 Å². The average molecular weight is 457 g/mol. The van der Waals surface area contributed by atoms with Crippen LogP contribution in [0.1, 0.15) is 16.4 Å². The van der Waals surface area contributed by atoms with Gasteiger partial charge in [-0.25, -0.2) is 9.97 Å². The van der Waals surface area contributed by atoms with Crippen molar-refractivity contribution in [3.63, 3.8) is 0 Å². The SMILES string of the molecule is Cc1cc(=O)n2nc(SCc3nn4c(=O)c(Br)c(C)nc4s3)sc2n1. The highest BCUT2D eigenvalue weighted by atomic mass is 79.9. The van der Waals surface area contributed by atoms with Gasteiger partial charge < -0.3 is 0 Å². The fraction of sp³-hybridized carbons (Fsp3) is 0.231. The molecule has 0 aliphatic rings. The van der Waals surface area contributed by atoms with Crippen LogP contribution in [-0.4, -0.2) is 29.2 Å². The van der Waals surface area contributed by atoms with E-state index in [1.165, 1.54) is 49.5 Å². The van der Waals surface area contributed by atoms with E-state index in [0.29, 0.717) is 35.9 Å². The van der Waals surface area contributed by atoms with Gasteiger partial charge in [0.25, 0.3) is 11.1 Å². The van der Waals surface area contributed by atoms with Gasteiger partial charge in [-0.15, -0.1) is 5.10 Å². The van der Waals surface area contributed by atoms with E-state index in [1.807, 2.05) is 0 Å². The summed E-state index contributed by atoms with van der Waals surface area (Å²) in [6.07, 6.45) is 0. The lowest BCUT2D eigenvalue weighted by molar-refractivity contribution is 0.848. The van der Waals surface area contributed by atoms with E-state index in [-0.39, 0.29) is 11.1 Å². The second kappa shape index (κ2) is 6.27. The first-order valence-electron chi connectivity index (χ1n) is 6.97. The third-order valence-corrected chi connectivity index (χ3v) is 7.29. The molecule has 4 rings (SSSR count). The topological polar surface area (TPSA) is 94.5 Å². The van der Waals surface area contributed by atoms with Gasteiger partial charge in [0, 0.05) is 11.8 Å². The molecule has 0 atom stereocenters. The van der Waals surface area contributed by atoms with E-state index in [2.05, 4.69) is 36.1 Å². The van der Waals surface area contributed by atoms with E-state index in [1.54, 1.807) is 13.8 Å². The number of hydrogen-bond acceptors (Lipinski definition) is 9. The Balaban J connectivity index is 1.64. The Morgan fingerprint density at radius 3 is 2.68 bits per heavy atom. The first-order chi connectivity index (χ1) is 11.9. The molecule has 4 aromatic rings. The van der Waals surface area contributed by atoms with Crippen molar-refractivity contribution in [1.29, 1.82) is 0 Å². The molecular formula is C13H9BrN6O2S3. The van der Waals surface area contributed by atoms with Crippen LogP contribution in [0.25, 0.3) is 9.92 Å². The van der Waals surface area contributed by atoms with Crippen molar-refractivity contribution < 1.29 is 0 Å². The molecule has 8 nitrogen and oxygen atoms in total. The fourth-order valence-corrected chi connectivity index (χ4v) is 5.27. The van der Waals surface area contributed by atoms with Crippen LogP contribution >= 0.6 is 50.4 Å². The highest BCUT2D eigenvalue weighted by molar-refractivity contribution is 9.10. The highest BCUT2D eigenvalue weighted by Crippen LogP contribution is 2.28. The molecule has 0 aliphatic heterocycles. The molecule has 128 valence electrons. The molecule has 0 aliphatic carbocycles. The van der Waals surface area contributed by atoms with Gasteiger partial charge in [-0.2, -0.15) is 14.1 Å². The number of fused-ring (bicyclic) bond motifs is 2. The molecule has 0 spiro atoms. The normalized spacial score (nSPS) is 11.6. The van der Waals surface area contributed by atoms with Gasteiger partial charge in [-0.3, -0.25) is 9.59 Å². The Bertz CT molecular complexity index is 1240. The van der Waals surface area contributed by atoms with Crippen molar-refractivity contribution in [2.75, 3.05) is 0 Å². The first kappa shape index (κ1) is 16.8. The van der Waals surface area contributed by atoms with Crippen molar-refractivity contribution in [3.05, 3.63) is 47.6 Å². The predicted octanol–water partition coefficient (Wildman–Crippen LogP) is 2.29. The van der Waals surface area contributed by atoms with Crippen LogP contribution in [0, 0.1) is 13.8 Å². The van der Waals surface area contributed by atoms with Crippen LogP contribution in [0.15, 0.2) is 24.5 Å². The molecule has 25 heavy (non-hydrogen) atoms. The van der Waals surface area contributed by atoms with Gasteiger partial charge in [0.05, 0.1) is 11.4 Å². The summed E-state index contributed by atoms with van der Waals surface area (Å²) in [6, 6.07) is 1.45. The number of nitrogens with zero attached hydrogens (tertiary/aromatic N) is 6. The minimum atomic E-state index is -0.221. The molecule has 0 amide bonds. The monoisotopic (exact) mass is 456 g/mol. The molecule has 12 heteroatoms. The van der Waals surface area contributed by atoms with Gasteiger partial charge in [0.15, 0.2) is 4.34 Å². The smallest absolute Gasteiger partial charge is 0.267 e. The van der Waals surface area contributed by atoms with E-state index >= 15 is 0 Å². The maximum absolute atomic E-state index is 12.2. The average Bonchev–Trinajstić information content (AvgIpc) is 3.14. The molecule has 0 saturated heterocycles. The van der Waals surface area contributed by atoms with Crippen LogP contribution < -0.4 is 11.1 Å². The summed E-state index contributed by atoms with van der Waals surface area (Å²) in [5.41, 5.74) is 0.894. The van der Waals surface area contributed by atoms with Crippen molar-refractivity contribution in [1.82, 2.24) is 29.2 Å². The van der Waals surface area contributed by atoms with Gasteiger partial charge >= 0.3 is 0 Å². The third kappa shape index (κ3) is 3.03. The van der Waals surface area contributed by atoms with Crippen molar-refractivity contribution in [3.8, 4) is 0 Å². The summed E-state index contributed by atoms with van der Waals surface area (Å²) in [5.74, 6) is 0.525. The van der Waals surface area contributed by atoms with Crippen LogP contribution in [0.2, 0.25) is 0 Å². The number of aryl methyl sites for hydroxylation is 2. The summed E-state index contributed by atoms with van der Waals surface area (Å²) < 4.78 is 3.73. The maximum Gasteiger partial charge on any atom is 0.289 e. The van der Waals surface area contributed by atoms with E-state index in [0.717, 1.165) is 5.01 Å². The number of halogens is 1. The Labute approximate surface area is 160 Å². The number of thioether (sulfide) groups is 1. The first-order valence-corrected chi connectivity index (χ1v) is 10.4. The minimum Gasteiger partial charge on any atom is -0.267 e. The van der Waals surface area contributed by atoms with Crippen LogP contribution in [0.5, 0.6) is 0 Å². The standard InChI is InChI=1S/C13H9BrN6O2S3/c1-5-3-8(21)19-11(15-5)25-13(18-19)23-4-7-17-20-10(22)9(14)6(2)16-12(20)24-7/h3H,4H2,1-2H3. The molecule has 4 heterocycles. The lowest BCUT2D eigenvalue weighted by Gasteiger charge is -1.95. The Morgan fingerprint density at radius 1 is 1.12 bits per heavy atom. The second-order valence-corrected chi connectivity index (χ2v) is 9.11. The fourth-order valence-electron chi connectivity index (χ4n) is 2.11. The zero-order valence-electron chi connectivity index (χ0n) is 12.9. The van der Waals surface area contributed by atoms with Crippen LogP contribution in [-0.2, 0) is 5.75 Å². The zero-order chi connectivity index (χ0) is 17.7. The third-order valence-electron chi connectivity index (χ3n) is 3.24. The molecule has 0 radical (unpaired) electrons. The number of rotatable bonds is 3. The van der Waals surface area contributed by atoms with E-state index < -0.39 is 0 Å². The van der Waals surface area contributed by atoms with Gasteiger partial charge in [-0.1, -0.05) is 34.4 Å². The van der Waals surface area contributed by atoms with Gasteiger partial charge in [-0.05, 0) is 29.8 Å². The second-order valence-electron chi connectivity index (χ2n) is 5.09. The summed E-state index contributed by atoms with van der Waals surface area (Å²) in [6.45, 7) is 3.55. The summed E-state index contributed by atoms with van der Waals surface area (Å²) in [5, 5.41) is 9.35. The predicted molar refractivity (Wildman–Crippen MR) is 101 cm³/mol. The Hall–Kier alpha value is -1.63. The van der Waals surface area contributed by atoms with Crippen molar-refractivity contribution >= 4 is 60.3 Å².